The van der Waals surface area contributed by atoms with Crippen molar-refractivity contribution in [2.24, 2.45) is 0 Å². The minimum absolute atomic E-state index is 0.0402. The van der Waals surface area contributed by atoms with Crippen LogP contribution in [0.1, 0.15) is 25.5 Å². The number of halogens is 1. The van der Waals surface area contributed by atoms with Gasteiger partial charge >= 0.3 is 13.5 Å². The van der Waals surface area contributed by atoms with Gasteiger partial charge in [0.15, 0.2) is 18.6 Å². The molecule has 0 saturated carbocycles. The number of para-hydroxylation sites is 1. The van der Waals surface area contributed by atoms with Crippen molar-refractivity contribution in [1.82, 2.24) is 9.55 Å². The zero-order chi connectivity index (χ0) is 27.3. The third-order valence-corrected chi connectivity index (χ3v) is 7.42. The summed E-state index contributed by atoms with van der Waals surface area (Å²) in [4.78, 5) is 26.2. The van der Waals surface area contributed by atoms with Crippen molar-refractivity contribution in [2.75, 3.05) is 19.8 Å². The van der Waals surface area contributed by atoms with Crippen LogP contribution in [-0.2, 0) is 27.8 Å². The molecule has 206 valence electrons. The molecule has 1 aromatic carbocycles. The van der Waals surface area contributed by atoms with Crippen molar-refractivity contribution in [3.8, 4) is 11.8 Å². The van der Waals surface area contributed by atoms with E-state index in [4.69, 9.17) is 44.6 Å². The molecule has 4 rings (SSSR count). The molecule has 38 heavy (non-hydrogen) atoms. The van der Waals surface area contributed by atoms with Crippen molar-refractivity contribution < 1.29 is 42.6 Å². The van der Waals surface area contributed by atoms with E-state index in [0.717, 1.165) is 16.8 Å². The fraction of sp³-hybridized carbons (Fsp3) is 0.500. The number of rotatable bonds is 11. The van der Waals surface area contributed by atoms with E-state index in [9.17, 15) is 24.4 Å². The zero-order valence-corrected chi connectivity index (χ0v) is 21.5. The summed E-state index contributed by atoms with van der Waals surface area (Å²) in [6.07, 6.45) is -3.73. The van der Waals surface area contributed by atoms with E-state index in [1.54, 1.807) is 6.07 Å². The Balaban J connectivity index is 1.74. The summed E-state index contributed by atoms with van der Waals surface area (Å²) >= 11 is 6.13. The highest BCUT2D eigenvalue weighted by Gasteiger charge is 2.63. The van der Waals surface area contributed by atoms with Gasteiger partial charge in [-0.15, -0.1) is 0 Å². The number of nitriles is 1. The summed E-state index contributed by atoms with van der Waals surface area (Å²) in [5.74, 6) is -2.88. The van der Waals surface area contributed by atoms with Crippen LogP contribution in [0.25, 0.3) is 0 Å². The monoisotopic (exact) mass is 573 g/mol. The van der Waals surface area contributed by atoms with Crippen molar-refractivity contribution >= 4 is 19.4 Å². The Morgan fingerprint density at radius 1 is 1.32 bits per heavy atom. The van der Waals surface area contributed by atoms with E-state index >= 15 is 0 Å². The van der Waals surface area contributed by atoms with Gasteiger partial charge in [-0.2, -0.15) is 5.26 Å². The molecule has 0 spiro atoms. The number of nitrogens with one attached hydrogen (secondary N) is 1. The Bertz CT molecular complexity index is 1320. The predicted molar refractivity (Wildman–Crippen MR) is 128 cm³/mol. The minimum atomic E-state index is -4.83. The van der Waals surface area contributed by atoms with Crippen molar-refractivity contribution in [3.05, 3.63) is 62.4 Å². The number of aliphatic hydroxyl groups excluding tert-OH is 1. The molecule has 2 fully saturated rings. The van der Waals surface area contributed by atoms with E-state index in [1.807, 2.05) is 6.07 Å². The summed E-state index contributed by atoms with van der Waals surface area (Å²) in [5, 5.41) is 30.8. The minimum Gasteiger partial charge on any atom is -0.402 e. The van der Waals surface area contributed by atoms with Gasteiger partial charge < -0.3 is 28.9 Å². The van der Waals surface area contributed by atoms with Crippen molar-refractivity contribution in [3.63, 3.8) is 0 Å². The van der Waals surface area contributed by atoms with Crippen molar-refractivity contribution in [1.29, 1.82) is 5.26 Å². The third kappa shape index (κ3) is 6.18. The van der Waals surface area contributed by atoms with Crippen LogP contribution in [-0.4, -0.2) is 63.9 Å². The Labute approximate surface area is 220 Å². The van der Waals surface area contributed by atoms with Gasteiger partial charge in [0.1, 0.15) is 11.9 Å². The summed E-state index contributed by atoms with van der Waals surface area (Å²) in [5.41, 5.74) is -1.60. The highest BCUT2D eigenvalue weighted by atomic mass is 35.5. The number of nitrogens with zero attached hydrogens (tertiary/aromatic N) is 2. The van der Waals surface area contributed by atoms with E-state index in [-0.39, 0.29) is 17.2 Å². The number of phosphoric acid groups is 1. The van der Waals surface area contributed by atoms with Gasteiger partial charge in [0, 0.05) is 25.3 Å². The second-order valence-electron chi connectivity index (χ2n) is 8.27. The van der Waals surface area contributed by atoms with Crippen LogP contribution >= 0.6 is 19.4 Å². The van der Waals surface area contributed by atoms with E-state index in [2.05, 4.69) is 4.98 Å². The molecule has 0 bridgehead atoms. The van der Waals surface area contributed by atoms with Gasteiger partial charge in [0.25, 0.3) is 5.56 Å². The number of aromatic nitrogens is 2. The van der Waals surface area contributed by atoms with Crippen molar-refractivity contribution in [2.45, 2.75) is 49.8 Å². The first-order valence-electron chi connectivity index (χ1n) is 11.5. The summed E-state index contributed by atoms with van der Waals surface area (Å²) < 4.78 is 48.2. The molecular weight excluding hydrogens is 549 g/mol. The quantitative estimate of drug-likeness (QED) is 0.199. The number of hydrogen-bond acceptors (Lipinski definition) is 12. The maximum absolute atomic E-state index is 13.8. The molecule has 2 aromatic rings. The van der Waals surface area contributed by atoms with Crippen LogP contribution in [0.4, 0.5) is 0 Å². The predicted octanol–water partition coefficient (Wildman–Crippen LogP) is 1.42. The molecule has 4 unspecified atom stereocenters. The van der Waals surface area contributed by atoms with Crippen LogP contribution in [0.3, 0.4) is 0 Å². The number of H-pyrrole nitrogens is 1. The Kier molecular flexibility index (Phi) is 9.04. The van der Waals surface area contributed by atoms with Gasteiger partial charge in [-0.3, -0.25) is 18.9 Å². The molecule has 0 amide bonds. The summed E-state index contributed by atoms with van der Waals surface area (Å²) in [7, 11) is -4.83. The molecule has 3 heterocycles. The van der Waals surface area contributed by atoms with Crippen LogP contribution < -0.4 is 15.8 Å². The highest BCUT2D eigenvalue weighted by Crippen LogP contribution is 2.57. The fourth-order valence-corrected chi connectivity index (χ4v) is 5.59. The van der Waals surface area contributed by atoms with Crippen LogP contribution in [0, 0.1) is 11.3 Å². The average Bonchev–Trinajstić information content (AvgIpc) is 3.47. The maximum atomic E-state index is 13.8. The highest BCUT2D eigenvalue weighted by molar-refractivity contribution is 7.49. The number of aliphatic hydroxyl groups is 2. The molecule has 14 nitrogen and oxygen atoms in total. The van der Waals surface area contributed by atoms with E-state index in [0.29, 0.717) is 19.4 Å². The normalized spacial score (nSPS) is 28.6. The molecule has 2 aliphatic heterocycles. The largest absolute Gasteiger partial charge is 0.532 e. The molecule has 0 aliphatic carbocycles. The molecule has 0 radical (unpaired) electrons. The first-order chi connectivity index (χ1) is 18.2. The lowest BCUT2D eigenvalue weighted by Gasteiger charge is -2.35. The van der Waals surface area contributed by atoms with Crippen LogP contribution in [0.5, 0.6) is 5.75 Å². The Hall–Kier alpha value is -2.57. The number of hydrogen-bond donors (Lipinski definition) is 3. The third-order valence-electron chi connectivity index (χ3n) is 5.68. The van der Waals surface area contributed by atoms with Gasteiger partial charge in [-0.05, 0) is 18.6 Å². The van der Waals surface area contributed by atoms with Crippen LogP contribution in [0.15, 0.2) is 46.1 Å². The molecular formula is C22H25ClN3O11P. The molecule has 2 saturated heterocycles. The lowest BCUT2D eigenvalue weighted by Crippen LogP contribution is -2.53. The standard InChI is InChI=1S/C22H25ClN3O11P/c23-14-5-1-2-6-15(14)36-38(31,33-12-4-9-24)37-22(30)16(13-27)34-20(19(22)35-18-7-3-11-32-18)26-10-8-17(28)25-21(26)29/h1-2,5-6,8,10,16,18-20,27,30H,3-4,7,11-13H2,(H,25,28,29)/t16-,18?,19?,20-,22?,38?/m0/s1. The Morgan fingerprint density at radius 2 is 2.11 bits per heavy atom. The number of aromatic amines is 1. The fourth-order valence-electron chi connectivity index (χ4n) is 3.92. The number of benzene rings is 1. The number of phosphoric ester groups is 1. The average molecular weight is 574 g/mol. The second kappa shape index (κ2) is 12.1. The first kappa shape index (κ1) is 28.4. The number of ether oxygens (including phenoxy) is 3. The van der Waals surface area contributed by atoms with E-state index in [1.165, 1.54) is 18.2 Å². The van der Waals surface area contributed by atoms with Gasteiger partial charge in [-0.25, -0.2) is 13.9 Å². The second-order valence-corrected chi connectivity index (χ2v) is 10.2. The first-order valence-corrected chi connectivity index (χ1v) is 13.4. The lowest BCUT2D eigenvalue weighted by molar-refractivity contribution is -0.267. The smallest absolute Gasteiger partial charge is 0.402 e. The molecule has 1 aromatic heterocycles. The van der Waals surface area contributed by atoms with Crippen LogP contribution in [0.2, 0.25) is 5.02 Å². The molecule has 6 atom stereocenters. The molecule has 3 N–H and O–H groups in total. The molecule has 2 aliphatic rings. The Morgan fingerprint density at radius 3 is 2.76 bits per heavy atom. The topological polar surface area (TPSA) is 192 Å². The van der Waals surface area contributed by atoms with Gasteiger partial charge in [0.2, 0.25) is 5.79 Å². The summed E-state index contributed by atoms with van der Waals surface area (Å²) in [6.45, 7) is -0.949. The summed E-state index contributed by atoms with van der Waals surface area (Å²) in [6, 6.07) is 8.80. The lowest BCUT2D eigenvalue weighted by atomic mass is 10.1. The van der Waals surface area contributed by atoms with Gasteiger partial charge in [-0.1, -0.05) is 23.7 Å². The maximum Gasteiger partial charge on any atom is 0.532 e. The zero-order valence-electron chi connectivity index (χ0n) is 19.8. The van der Waals surface area contributed by atoms with Gasteiger partial charge in [0.05, 0.1) is 30.7 Å². The SMILES string of the molecule is N#CCCOP(=O)(Oc1ccccc1Cl)OC1(O)C(OC2CCCO2)[C@@H](n2ccc(=O)[nH]c2=O)O[C@H]1CO. The molecule has 16 heteroatoms. The van der Waals surface area contributed by atoms with E-state index < -0.39 is 62.8 Å².